The molecule has 0 bridgehead atoms. The number of fused-ring (bicyclic) bond motifs is 1. The summed E-state index contributed by atoms with van der Waals surface area (Å²) >= 11 is 4.58. The van der Waals surface area contributed by atoms with E-state index in [0.29, 0.717) is 21.6 Å². The minimum Gasteiger partial charge on any atom is -0.320 e. The van der Waals surface area contributed by atoms with Crippen LogP contribution in [0, 0.1) is 18.6 Å². The van der Waals surface area contributed by atoms with Crippen LogP contribution in [0.25, 0.3) is 10.2 Å². The molecule has 28 heavy (non-hydrogen) atoms. The monoisotopic (exact) mass is 461 g/mol. The molecule has 4 rings (SSSR count). The second kappa shape index (κ2) is 7.44. The number of carbonyl (C=O) groups excluding carboxylic acids is 1. The first-order valence-corrected chi connectivity index (χ1v) is 9.99. The number of aromatic nitrogens is 2. The molecule has 0 saturated carbocycles. The van der Waals surface area contributed by atoms with Crippen molar-refractivity contribution in [2.75, 3.05) is 5.32 Å². The maximum Gasteiger partial charge on any atom is 0.265 e. The minimum atomic E-state index is -0.386. The smallest absolute Gasteiger partial charge is 0.265 e. The van der Waals surface area contributed by atoms with Gasteiger partial charge in [0.05, 0.1) is 22.8 Å². The number of thiophene rings is 1. The lowest BCUT2D eigenvalue weighted by Crippen LogP contribution is -2.10. The number of benzene rings is 2. The second-order valence-electron chi connectivity index (χ2n) is 6.28. The zero-order valence-corrected chi connectivity index (χ0v) is 17.1. The molecule has 142 valence electrons. The summed E-state index contributed by atoms with van der Waals surface area (Å²) in [7, 11) is 0. The molecular weight excluding hydrogens is 448 g/mol. The van der Waals surface area contributed by atoms with Crippen LogP contribution in [0.3, 0.4) is 0 Å². The Kier molecular flexibility index (Phi) is 4.99. The highest BCUT2D eigenvalue weighted by Gasteiger charge is 2.17. The van der Waals surface area contributed by atoms with Gasteiger partial charge in [-0.25, -0.2) is 8.78 Å². The van der Waals surface area contributed by atoms with Gasteiger partial charge in [0.1, 0.15) is 16.5 Å². The standard InChI is InChI=1S/C20H14BrF2N3OS/c1-11-15-9-18(19(27)24-17-7-6-14(23)8-16(17)21)28-20(15)26(25-11)10-12-2-4-13(22)5-3-12/h2-9H,10H2,1H3,(H,24,27). The molecule has 0 aliphatic carbocycles. The van der Waals surface area contributed by atoms with E-state index < -0.39 is 0 Å². The van der Waals surface area contributed by atoms with E-state index in [0.717, 1.165) is 21.5 Å². The number of nitrogens with zero attached hydrogens (tertiary/aromatic N) is 2. The fraction of sp³-hybridized carbons (Fsp3) is 0.100. The van der Waals surface area contributed by atoms with Gasteiger partial charge in [-0.05, 0) is 64.8 Å². The fourth-order valence-corrected chi connectivity index (χ4v) is 4.38. The van der Waals surface area contributed by atoms with Gasteiger partial charge in [-0.2, -0.15) is 5.10 Å². The number of rotatable bonds is 4. The highest BCUT2D eigenvalue weighted by Crippen LogP contribution is 2.30. The Morgan fingerprint density at radius 3 is 2.57 bits per heavy atom. The zero-order valence-electron chi connectivity index (χ0n) is 14.7. The van der Waals surface area contributed by atoms with Gasteiger partial charge < -0.3 is 5.32 Å². The van der Waals surface area contributed by atoms with Crippen molar-refractivity contribution in [2.24, 2.45) is 0 Å². The van der Waals surface area contributed by atoms with Crippen LogP contribution in [-0.2, 0) is 6.54 Å². The Bertz CT molecular complexity index is 1180. The molecule has 1 N–H and O–H groups in total. The topological polar surface area (TPSA) is 46.9 Å². The summed E-state index contributed by atoms with van der Waals surface area (Å²) in [5.74, 6) is -0.947. The van der Waals surface area contributed by atoms with Crippen molar-refractivity contribution in [3.8, 4) is 0 Å². The number of amides is 1. The lowest BCUT2D eigenvalue weighted by Gasteiger charge is -2.06. The van der Waals surface area contributed by atoms with E-state index in [2.05, 4.69) is 26.3 Å². The van der Waals surface area contributed by atoms with E-state index >= 15 is 0 Å². The Morgan fingerprint density at radius 1 is 1.14 bits per heavy atom. The highest BCUT2D eigenvalue weighted by atomic mass is 79.9. The van der Waals surface area contributed by atoms with Crippen LogP contribution in [0.2, 0.25) is 0 Å². The van der Waals surface area contributed by atoms with Gasteiger partial charge in [0.2, 0.25) is 0 Å². The summed E-state index contributed by atoms with van der Waals surface area (Å²) in [6.07, 6.45) is 0. The van der Waals surface area contributed by atoms with Crippen LogP contribution < -0.4 is 5.32 Å². The predicted octanol–water partition coefficient (Wildman–Crippen LogP) is 5.75. The molecule has 2 aromatic heterocycles. The number of hydrogen-bond acceptors (Lipinski definition) is 3. The molecule has 0 aliphatic heterocycles. The van der Waals surface area contributed by atoms with Gasteiger partial charge in [-0.15, -0.1) is 11.3 Å². The number of nitrogens with one attached hydrogen (secondary N) is 1. The number of anilines is 1. The third-order valence-corrected chi connectivity index (χ3v) is 6.06. The third kappa shape index (κ3) is 3.70. The predicted molar refractivity (Wildman–Crippen MR) is 110 cm³/mol. The van der Waals surface area contributed by atoms with Gasteiger partial charge in [-0.3, -0.25) is 9.48 Å². The summed E-state index contributed by atoms with van der Waals surface area (Å²) in [5, 5.41) is 8.21. The van der Waals surface area contributed by atoms with Crippen LogP contribution in [0.15, 0.2) is 53.0 Å². The minimum absolute atomic E-state index is 0.277. The van der Waals surface area contributed by atoms with Crippen LogP contribution in [-0.4, -0.2) is 15.7 Å². The molecule has 0 radical (unpaired) electrons. The molecule has 8 heteroatoms. The maximum atomic E-state index is 13.2. The van der Waals surface area contributed by atoms with Crippen molar-refractivity contribution in [3.05, 3.63) is 80.8 Å². The van der Waals surface area contributed by atoms with Crippen LogP contribution in [0.5, 0.6) is 0 Å². The summed E-state index contributed by atoms with van der Waals surface area (Å²) in [6.45, 7) is 2.37. The van der Waals surface area contributed by atoms with E-state index in [9.17, 15) is 13.6 Å². The van der Waals surface area contributed by atoms with Gasteiger partial charge in [-0.1, -0.05) is 12.1 Å². The molecule has 0 spiro atoms. The molecular formula is C20H14BrF2N3OS. The average Bonchev–Trinajstić information content (AvgIpc) is 3.21. The van der Waals surface area contributed by atoms with Crippen molar-refractivity contribution >= 4 is 49.1 Å². The normalized spacial score (nSPS) is 11.1. The van der Waals surface area contributed by atoms with Crippen molar-refractivity contribution < 1.29 is 13.6 Å². The van der Waals surface area contributed by atoms with Gasteiger partial charge >= 0.3 is 0 Å². The van der Waals surface area contributed by atoms with Crippen LogP contribution >= 0.6 is 27.3 Å². The summed E-state index contributed by atoms with van der Waals surface area (Å²) in [4.78, 5) is 14.0. The fourth-order valence-electron chi connectivity index (χ4n) is 2.87. The molecule has 0 fully saturated rings. The lowest BCUT2D eigenvalue weighted by molar-refractivity contribution is 0.103. The van der Waals surface area contributed by atoms with Gasteiger partial charge in [0.25, 0.3) is 5.91 Å². The van der Waals surface area contributed by atoms with E-state index in [-0.39, 0.29) is 17.5 Å². The number of halogens is 3. The van der Waals surface area contributed by atoms with Crippen LogP contribution in [0.1, 0.15) is 20.9 Å². The SMILES string of the molecule is Cc1nn(Cc2ccc(F)cc2)c2sc(C(=O)Nc3ccc(F)cc3Br)cc12. The molecule has 0 saturated heterocycles. The number of aryl methyl sites for hydroxylation is 1. The first kappa shape index (κ1) is 18.8. The van der Waals surface area contributed by atoms with Crippen LogP contribution in [0.4, 0.5) is 14.5 Å². The Morgan fingerprint density at radius 2 is 1.86 bits per heavy atom. The Hall–Kier alpha value is -2.58. The van der Waals surface area contributed by atoms with E-state index in [1.165, 1.54) is 41.7 Å². The quantitative estimate of drug-likeness (QED) is 0.420. The number of carbonyl (C=O) groups is 1. The van der Waals surface area contributed by atoms with E-state index in [1.54, 1.807) is 18.2 Å². The van der Waals surface area contributed by atoms with Crippen molar-refractivity contribution in [1.29, 1.82) is 0 Å². The van der Waals surface area contributed by atoms with Crippen molar-refractivity contribution in [1.82, 2.24) is 9.78 Å². The summed E-state index contributed by atoms with van der Waals surface area (Å²) in [6, 6.07) is 12.1. The lowest BCUT2D eigenvalue weighted by atomic mass is 10.2. The van der Waals surface area contributed by atoms with E-state index in [4.69, 9.17) is 0 Å². The molecule has 0 aliphatic rings. The molecule has 2 aromatic carbocycles. The van der Waals surface area contributed by atoms with Gasteiger partial charge in [0.15, 0.2) is 0 Å². The molecule has 4 nitrogen and oxygen atoms in total. The molecule has 0 atom stereocenters. The van der Waals surface area contributed by atoms with Gasteiger partial charge in [0, 0.05) is 9.86 Å². The molecule has 4 aromatic rings. The summed E-state index contributed by atoms with van der Waals surface area (Å²) < 4.78 is 28.6. The Balaban J connectivity index is 1.62. The second-order valence-corrected chi connectivity index (χ2v) is 8.16. The largest absolute Gasteiger partial charge is 0.320 e. The zero-order chi connectivity index (χ0) is 19.8. The molecule has 1 amide bonds. The third-order valence-electron chi connectivity index (χ3n) is 4.26. The summed E-state index contributed by atoms with van der Waals surface area (Å²) in [5.41, 5.74) is 2.23. The average molecular weight is 462 g/mol. The Labute approximate surface area is 171 Å². The van der Waals surface area contributed by atoms with Crippen molar-refractivity contribution in [2.45, 2.75) is 13.5 Å². The van der Waals surface area contributed by atoms with E-state index in [1.807, 2.05) is 11.6 Å². The van der Waals surface area contributed by atoms with Crippen molar-refractivity contribution in [3.63, 3.8) is 0 Å². The first-order valence-electron chi connectivity index (χ1n) is 8.38. The molecule has 0 unspecified atom stereocenters. The number of hydrogen-bond donors (Lipinski definition) is 1. The highest BCUT2D eigenvalue weighted by molar-refractivity contribution is 9.10. The maximum absolute atomic E-state index is 13.2. The molecule has 2 heterocycles. The first-order chi connectivity index (χ1) is 13.4.